The van der Waals surface area contributed by atoms with Crippen molar-refractivity contribution in [3.8, 4) is 0 Å². The number of urea groups is 1. The van der Waals surface area contributed by atoms with Crippen LogP contribution < -0.4 is 5.32 Å². The van der Waals surface area contributed by atoms with Gasteiger partial charge in [-0.15, -0.1) is 0 Å². The van der Waals surface area contributed by atoms with Crippen molar-refractivity contribution in [3.05, 3.63) is 0 Å². The molecule has 0 bridgehead atoms. The highest BCUT2D eigenvalue weighted by Gasteiger charge is 2.33. The third-order valence-electron chi connectivity index (χ3n) is 5.63. The first-order valence-electron chi connectivity index (χ1n) is 8.96. The quantitative estimate of drug-likeness (QED) is 0.795. The second-order valence-corrected chi connectivity index (χ2v) is 7.08. The van der Waals surface area contributed by atoms with Crippen molar-refractivity contribution in [3.63, 3.8) is 0 Å². The van der Waals surface area contributed by atoms with Crippen LogP contribution in [0.2, 0.25) is 0 Å². The van der Waals surface area contributed by atoms with Gasteiger partial charge in [-0.05, 0) is 43.9 Å². The van der Waals surface area contributed by atoms with Crippen LogP contribution in [0.3, 0.4) is 0 Å². The Hall–Kier alpha value is -0.770. The van der Waals surface area contributed by atoms with Gasteiger partial charge in [0.2, 0.25) is 0 Å². The van der Waals surface area contributed by atoms with Crippen molar-refractivity contribution in [1.29, 1.82) is 0 Å². The zero-order valence-electron chi connectivity index (χ0n) is 13.2. The van der Waals surface area contributed by atoms with E-state index in [2.05, 4.69) is 10.2 Å². The van der Waals surface area contributed by atoms with Gasteiger partial charge in [0.05, 0.1) is 0 Å². The molecular weight excluding hydrogens is 264 g/mol. The zero-order chi connectivity index (χ0) is 14.5. The minimum atomic E-state index is 0.191. The molecule has 4 heteroatoms. The number of ether oxygens (including phenoxy) is 1. The number of carbonyl (C=O) groups is 1. The summed E-state index contributed by atoms with van der Waals surface area (Å²) in [5.41, 5.74) is 0. The molecule has 120 valence electrons. The summed E-state index contributed by atoms with van der Waals surface area (Å²) in [4.78, 5) is 14.5. The molecule has 0 aromatic carbocycles. The molecule has 1 saturated carbocycles. The summed E-state index contributed by atoms with van der Waals surface area (Å²) >= 11 is 0. The first kappa shape index (κ1) is 15.1. The maximum absolute atomic E-state index is 12.4. The van der Waals surface area contributed by atoms with E-state index < -0.39 is 0 Å². The Morgan fingerprint density at radius 1 is 0.905 bits per heavy atom. The highest BCUT2D eigenvalue weighted by molar-refractivity contribution is 5.74. The lowest BCUT2D eigenvalue weighted by Crippen LogP contribution is -2.44. The topological polar surface area (TPSA) is 41.6 Å². The highest BCUT2D eigenvalue weighted by atomic mass is 16.5. The number of likely N-dealkylation sites (tertiary alicyclic amines) is 1. The fraction of sp³-hybridized carbons (Fsp3) is 0.941. The molecule has 0 aromatic heterocycles. The summed E-state index contributed by atoms with van der Waals surface area (Å²) < 4.78 is 5.45. The maximum atomic E-state index is 12.4. The van der Waals surface area contributed by atoms with Crippen LogP contribution in [-0.2, 0) is 4.74 Å². The number of nitrogens with zero attached hydrogens (tertiary/aromatic N) is 1. The zero-order valence-corrected chi connectivity index (χ0v) is 13.2. The monoisotopic (exact) mass is 294 g/mol. The van der Waals surface area contributed by atoms with E-state index in [4.69, 9.17) is 4.74 Å². The van der Waals surface area contributed by atoms with Crippen LogP contribution in [0.4, 0.5) is 4.79 Å². The van der Waals surface area contributed by atoms with Crippen LogP contribution in [0.1, 0.15) is 57.8 Å². The van der Waals surface area contributed by atoms with E-state index in [9.17, 15) is 4.79 Å². The molecule has 1 atom stereocenters. The molecular formula is C17H30N2O2. The van der Waals surface area contributed by atoms with E-state index in [0.29, 0.717) is 12.0 Å². The predicted octanol–water partition coefficient (Wildman–Crippen LogP) is 3.17. The Kier molecular flexibility index (Phi) is 5.39. The Morgan fingerprint density at radius 2 is 1.62 bits per heavy atom. The minimum absolute atomic E-state index is 0.191. The molecule has 0 radical (unpaired) electrons. The first-order chi connectivity index (χ1) is 10.3. The van der Waals surface area contributed by atoms with E-state index >= 15 is 0 Å². The van der Waals surface area contributed by atoms with E-state index in [1.165, 1.54) is 57.8 Å². The van der Waals surface area contributed by atoms with Gasteiger partial charge >= 0.3 is 6.03 Å². The van der Waals surface area contributed by atoms with Gasteiger partial charge in [-0.2, -0.15) is 0 Å². The Morgan fingerprint density at radius 3 is 2.33 bits per heavy atom. The van der Waals surface area contributed by atoms with E-state index in [0.717, 1.165) is 32.2 Å². The van der Waals surface area contributed by atoms with Gasteiger partial charge in [-0.3, -0.25) is 0 Å². The number of carbonyl (C=O) groups excluding carboxylic acids is 1. The van der Waals surface area contributed by atoms with Gasteiger partial charge in [0, 0.05) is 32.3 Å². The first-order valence-corrected chi connectivity index (χ1v) is 8.96. The molecule has 0 aromatic rings. The third kappa shape index (κ3) is 4.12. The molecule has 1 unspecified atom stereocenters. The van der Waals surface area contributed by atoms with Crippen LogP contribution in [0.25, 0.3) is 0 Å². The summed E-state index contributed by atoms with van der Waals surface area (Å²) in [6, 6.07) is 0.610. The van der Waals surface area contributed by atoms with Gasteiger partial charge in [-0.25, -0.2) is 4.79 Å². The number of amides is 2. The Balaban J connectivity index is 1.45. The van der Waals surface area contributed by atoms with Gasteiger partial charge < -0.3 is 15.0 Å². The van der Waals surface area contributed by atoms with Crippen molar-refractivity contribution in [1.82, 2.24) is 10.2 Å². The standard InChI is InChI=1S/C17H30N2O2/c20-17(18-16-5-3-1-2-4-6-16)19-10-7-15(13-19)14-8-11-21-12-9-14/h14-16H,1-13H2,(H,18,20). The summed E-state index contributed by atoms with van der Waals surface area (Å²) in [5, 5.41) is 3.29. The summed E-state index contributed by atoms with van der Waals surface area (Å²) in [5.74, 6) is 1.48. The number of nitrogens with one attached hydrogen (secondary N) is 1. The van der Waals surface area contributed by atoms with Gasteiger partial charge in [0.25, 0.3) is 0 Å². The fourth-order valence-electron chi connectivity index (χ4n) is 4.23. The van der Waals surface area contributed by atoms with Crippen molar-refractivity contribution in [2.24, 2.45) is 11.8 Å². The molecule has 3 rings (SSSR count). The molecule has 2 amide bonds. The van der Waals surface area contributed by atoms with Crippen molar-refractivity contribution in [2.75, 3.05) is 26.3 Å². The normalized spacial score (nSPS) is 29.3. The van der Waals surface area contributed by atoms with Crippen LogP contribution in [0.15, 0.2) is 0 Å². The predicted molar refractivity (Wildman–Crippen MR) is 83.2 cm³/mol. The lowest BCUT2D eigenvalue weighted by Gasteiger charge is -2.28. The molecule has 2 saturated heterocycles. The number of hydrogen-bond donors (Lipinski definition) is 1. The van der Waals surface area contributed by atoms with Crippen LogP contribution >= 0.6 is 0 Å². The third-order valence-corrected chi connectivity index (χ3v) is 5.63. The molecule has 0 spiro atoms. The summed E-state index contributed by atoms with van der Waals surface area (Å²) in [7, 11) is 0. The Bertz CT molecular complexity index is 334. The second kappa shape index (κ2) is 7.48. The van der Waals surface area contributed by atoms with Gasteiger partial charge in [0.15, 0.2) is 0 Å². The molecule has 1 N–H and O–H groups in total. The van der Waals surface area contributed by atoms with Crippen LogP contribution in [0.5, 0.6) is 0 Å². The average molecular weight is 294 g/mol. The van der Waals surface area contributed by atoms with Crippen LogP contribution in [0, 0.1) is 11.8 Å². The highest BCUT2D eigenvalue weighted by Crippen LogP contribution is 2.31. The molecule has 3 aliphatic rings. The molecule has 1 aliphatic carbocycles. The van der Waals surface area contributed by atoms with E-state index in [1.54, 1.807) is 0 Å². The largest absolute Gasteiger partial charge is 0.381 e. The SMILES string of the molecule is O=C(NC1CCCCCC1)N1CCC(C2CCOCC2)C1. The minimum Gasteiger partial charge on any atom is -0.381 e. The maximum Gasteiger partial charge on any atom is 0.317 e. The number of hydrogen-bond acceptors (Lipinski definition) is 2. The molecule has 4 nitrogen and oxygen atoms in total. The molecule has 2 heterocycles. The van der Waals surface area contributed by atoms with Crippen molar-refractivity contribution in [2.45, 2.75) is 63.8 Å². The molecule has 21 heavy (non-hydrogen) atoms. The second-order valence-electron chi connectivity index (χ2n) is 7.08. The lowest BCUT2D eigenvalue weighted by atomic mass is 9.85. The van der Waals surface area contributed by atoms with Crippen molar-refractivity contribution >= 4 is 6.03 Å². The number of rotatable bonds is 2. The van der Waals surface area contributed by atoms with Gasteiger partial charge in [0.1, 0.15) is 0 Å². The Labute approximate surface area is 128 Å². The molecule has 3 fully saturated rings. The summed E-state index contributed by atoms with van der Waals surface area (Å²) in [6.45, 7) is 3.73. The fourth-order valence-corrected chi connectivity index (χ4v) is 4.23. The van der Waals surface area contributed by atoms with Gasteiger partial charge in [-0.1, -0.05) is 25.7 Å². The molecule has 2 aliphatic heterocycles. The average Bonchev–Trinajstić information content (AvgIpc) is 2.88. The van der Waals surface area contributed by atoms with E-state index in [-0.39, 0.29) is 6.03 Å². The van der Waals surface area contributed by atoms with Crippen molar-refractivity contribution < 1.29 is 9.53 Å². The van der Waals surface area contributed by atoms with Crippen LogP contribution in [-0.4, -0.2) is 43.3 Å². The van der Waals surface area contributed by atoms with E-state index in [1.807, 2.05) is 0 Å². The smallest absolute Gasteiger partial charge is 0.317 e. The lowest BCUT2D eigenvalue weighted by molar-refractivity contribution is 0.0484. The summed E-state index contributed by atoms with van der Waals surface area (Å²) in [6.07, 6.45) is 11.1.